The van der Waals surface area contributed by atoms with Crippen LogP contribution in [-0.2, 0) is 28.6 Å². The first kappa shape index (κ1) is 62.3. The van der Waals surface area contributed by atoms with Gasteiger partial charge >= 0.3 is 17.9 Å². The molecule has 1 atom stereocenters. The first-order chi connectivity index (χ1) is 33.0. The summed E-state index contributed by atoms with van der Waals surface area (Å²) >= 11 is 0. The van der Waals surface area contributed by atoms with Crippen molar-refractivity contribution in [2.45, 2.75) is 207 Å². The predicted octanol–water partition coefficient (Wildman–Crippen LogP) is 17.6. The lowest BCUT2D eigenvalue weighted by atomic mass is 10.1. The van der Waals surface area contributed by atoms with E-state index in [1.165, 1.54) is 51.4 Å². The third kappa shape index (κ3) is 52.1. The minimum atomic E-state index is -0.832. The van der Waals surface area contributed by atoms with Crippen LogP contribution in [0.15, 0.2) is 146 Å². The zero-order valence-corrected chi connectivity index (χ0v) is 42.6. The van der Waals surface area contributed by atoms with Gasteiger partial charge in [0, 0.05) is 19.3 Å². The summed E-state index contributed by atoms with van der Waals surface area (Å²) < 4.78 is 16.7. The molecule has 0 aromatic carbocycles. The second kappa shape index (κ2) is 53.9. The summed E-state index contributed by atoms with van der Waals surface area (Å²) in [6.45, 7) is 6.33. The van der Waals surface area contributed by atoms with Gasteiger partial charge in [-0.15, -0.1) is 0 Å². The Hall–Kier alpha value is -4.71. The Kier molecular flexibility index (Phi) is 50.1. The van der Waals surface area contributed by atoms with Crippen LogP contribution in [0.1, 0.15) is 201 Å². The van der Waals surface area contributed by atoms with E-state index >= 15 is 0 Å². The Labute approximate surface area is 410 Å². The molecule has 0 saturated heterocycles. The maximum Gasteiger partial charge on any atom is 0.306 e. The summed E-state index contributed by atoms with van der Waals surface area (Å²) in [4.78, 5) is 38.0. The van der Waals surface area contributed by atoms with Crippen molar-refractivity contribution in [1.82, 2.24) is 0 Å². The van der Waals surface area contributed by atoms with Crippen molar-refractivity contribution < 1.29 is 28.6 Å². The number of hydrogen-bond donors (Lipinski definition) is 0. The predicted molar refractivity (Wildman–Crippen MR) is 288 cm³/mol. The molecule has 0 spiro atoms. The summed E-state index contributed by atoms with van der Waals surface area (Å²) in [7, 11) is 0. The van der Waals surface area contributed by atoms with Gasteiger partial charge in [0.1, 0.15) is 13.2 Å². The lowest BCUT2D eigenvalue weighted by molar-refractivity contribution is -0.166. The van der Waals surface area contributed by atoms with Crippen molar-refractivity contribution in [3.05, 3.63) is 146 Å². The van der Waals surface area contributed by atoms with Crippen LogP contribution >= 0.6 is 0 Å². The highest BCUT2D eigenvalue weighted by atomic mass is 16.6. The zero-order chi connectivity index (χ0) is 48.6. The molecule has 6 nitrogen and oxygen atoms in total. The number of carbonyl (C=O) groups is 3. The first-order valence-corrected chi connectivity index (χ1v) is 26.5. The third-order valence-corrected chi connectivity index (χ3v) is 10.5. The van der Waals surface area contributed by atoms with Gasteiger partial charge in [-0.25, -0.2) is 0 Å². The average molecular weight is 923 g/mol. The van der Waals surface area contributed by atoms with Crippen molar-refractivity contribution in [1.29, 1.82) is 0 Å². The molecule has 0 bridgehead atoms. The SMILES string of the molecule is CCC\C=C/C=C\C=C/C=C\C=C/CCCCCCCC(=O)OCC(COC(=O)CC/C=C\C/C=C\CCCCCCCC)OC(=O)CCCCCCC\C=C/C=C\C=C/C=C\C=C/CCC. The lowest BCUT2D eigenvalue weighted by Gasteiger charge is -2.18. The normalized spacial score (nSPS) is 13.3. The van der Waals surface area contributed by atoms with Crippen molar-refractivity contribution >= 4 is 17.9 Å². The highest BCUT2D eigenvalue weighted by Gasteiger charge is 2.19. The largest absolute Gasteiger partial charge is 0.462 e. The fraction of sp³-hybridized carbons (Fsp3) is 0.557. The van der Waals surface area contributed by atoms with E-state index in [0.29, 0.717) is 12.8 Å². The number of hydrogen-bond acceptors (Lipinski definition) is 6. The standard InChI is InChI=1S/C61H94O6/c1-4-7-10-13-16-19-22-25-27-29-31-33-36-39-42-45-48-51-54-60(63)66-57-58(56-65-59(62)53-50-47-44-41-38-35-24-21-18-15-12-9-6-3)67-61(64)55-52-49-46-43-40-37-34-32-30-28-26-23-20-17-14-11-8-5-2/h10-11,13-14,16-17,19-20,22-23,25-35,38,44,47,58H,4-9,12,15,18,21,24,36-37,39-43,45-46,48-57H2,1-3H3/b13-10-,14-11-,19-16-,20-17-,25-22-,26-23-,29-27-,30-28-,33-31-,34-32-,38-35-,47-44-. The molecular weight excluding hydrogens is 829 g/mol. The summed E-state index contributed by atoms with van der Waals surface area (Å²) in [6.07, 6.45) is 76.8. The Morgan fingerprint density at radius 1 is 0.313 bits per heavy atom. The number of rotatable bonds is 45. The lowest BCUT2D eigenvalue weighted by Crippen LogP contribution is -2.30. The number of carbonyl (C=O) groups excluding carboxylic acids is 3. The summed E-state index contributed by atoms with van der Waals surface area (Å²) in [5.41, 5.74) is 0. The number of unbranched alkanes of at least 4 members (excludes halogenated alkanes) is 18. The molecule has 67 heavy (non-hydrogen) atoms. The fourth-order valence-corrected chi connectivity index (χ4v) is 6.55. The van der Waals surface area contributed by atoms with E-state index in [1.54, 1.807) is 0 Å². The molecule has 374 valence electrons. The Morgan fingerprint density at radius 3 is 1.10 bits per heavy atom. The van der Waals surface area contributed by atoms with Crippen LogP contribution < -0.4 is 0 Å². The summed E-state index contributed by atoms with van der Waals surface area (Å²) in [5, 5.41) is 0. The van der Waals surface area contributed by atoms with E-state index in [9.17, 15) is 14.4 Å². The highest BCUT2D eigenvalue weighted by Crippen LogP contribution is 2.12. The van der Waals surface area contributed by atoms with Gasteiger partial charge in [-0.3, -0.25) is 14.4 Å². The maximum atomic E-state index is 12.8. The van der Waals surface area contributed by atoms with Crippen LogP contribution in [0.4, 0.5) is 0 Å². The molecule has 0 aromatic rings. The van der Waals surface area contributed by atoms with Crippen LogP contribution in [0, 0.1) is 0 Å². The van der Waals surface area contributed by atoms with Crippen molar-refractivity contribution in [2.24, 2.45) is 0 Å². The minimum absolute atomic E-state index is 0.126. The summed E-state index contributed by atoms with van der Waals surface area (Å²) in [5.74, 6) is -1.05. The Balaban J connectivity index is 4.59. The Morgan fingerprint density at radius 2 is 0.657 bits per heavy atom. The van der Waals surface area contributed by atoms with Crippen LogP contribution in [0.5, 0.6) is 0 Å². The van der Waals surface area contributed by atoms with Gasteiger partial charge in [-0.2, -0.15) is 0 Å². The smallest absolute Gasteiger partial charge is 0.306 e. The van der Waals surface area contributed by atoms with Crippen LogP contribution in [0.2, 0.25) is 0 Å². The molecule has 6 heteroatoms. The van der Waals surface area contributed by atoms with E-state index in [0.717, 1.165) is 103 Å². The quantitative estimate of drug-likeness (QED) is 0.0199. The maximum absolute atomic E-state index is 12.8. The molecule has 0 aliphatic rings. The topological polar surface area (TPSA) is 78.9 Å². The van der Waals surface area contributed by atoms with Crippen molar-refractivity contribution in [3.63, 3.8) is 0 Å². The molecule has 0 N–H and O–H groups in total. The molecule has 0 radical (unpaired) electrons. The molecule has 0 aliphatic heterocycles. The third-order valence-electron chi connectivity index (χ3n) is 10.5. The number of ether oxygens (including phenoxy) is 3. The number of allylic oxidation sites excluding steroid dienone is 24. The molecule has 0 saturated carbocycles. The first-order valence-electron chi connectivity index (χ1n) is 26.5. The van der Waals surface area contributed by atoms with Gasteiger partial charge in [0.15, 0.2) is 6.10 Å². The van der Waals surface area contributed by atoms with Gasteiger partial charge in [0.25, 0.3) is 0 Å². The molecule has 1 unspecified atom stereocenters. The van der Waals surface area contributed by atoms with Crippen molar-refractivity contribution in [2.75, 3.05) is 13.2 Å². The molecule has 0 aliphatic carbocycles. The number of esters is 3. The monoisotopic (exact) mass is 923 g/mol. The summed E-state index contributed by atoms with van der Waals surface area (Å²) in [6, 6.07) is 0. The highest BCUT2D eigenvalue weighted by molar-refractivity contribution is 5.71. The van der Waals surface area contributed by atoms with Crippen LogP contribution in [-0.4, -0.2) is 37.2 Å². The minimum Gasteiger partial charge on any atom is -0.462 e. The van der Waals surface area contributed by atoms with E-state index in [1.807, 2.05) is 79.0 Å². The molecular formula is C61H94O6. The molecule has 0 aromatic heterocycles. The Bertz CT molecular complexity index is 1530. The van der Waals surface area contributed by atoms with E-state index in [2.05, 4.69) is 87.6 Å². The van der Waals surface area contributed by atoms with Gasteiger partial charge < -0.3 is 14.2 Å². The molecule has 0 rings (SSSR count). The van der Waals surface area contributed by atoms with Crippen LogP contribution in [0.3, 0.4) is 0 Å². The van der Waals surface area contributed by atoms with E-state index in [4.69, 9.17) is 14.2 Å². The van der Waals surface area contributed by atoms with E-state index < -0.39 is 6.10 Å². The van der Waals surface area contributed by atoms with Gasteiger partial charge in [0.2, 0.25) is 0 Å². The zero-order valence-electron chi connectivity index (χ0n) is 42.6. The fourth-order valence-electron chi connectivity index (χ4n) is 6.55. The van der Waals surface area contributed by atoms with Gasteiger partial charge in [-0.1, -0.05) is 250 Å². The molecule has 0 amide bonds. The van der Waals surface area contributed by atoms with Gasteiger partial charge in [0.05, 0.1) is 0 Å². The average Bonchev–Trinajstić information content (AvgIpc) is 3.33. The molecule has 0 fully saturated rings. The van der Waals surface area contributed by atoms with Gasteiger partial charge in [-0.05, 0) is 77.0 Å². The van der Waals surface area contributed by atoms with Crippen molar-refractivity contribution in [3.8, 4) is 0 Å². The molecule has 0 heterocycles. The van der Waals surface area contributed by atoms with Crippen LogP contribution in [0.25, 0.3) is 0 Å². The second-order valence-corrected chi connectivity index (χ2v) is 17.0. The second-order valence-electron chi connectivity index (χ2n) is 17.0. The van der Waals surface area contributed by atoms with E-state index in [-0.39, 0.29) is 44.0 Å².